The fraction of sp³-hybridized carbons (Fsp3) is 0.529. The Hall–Kier alpha value is -4.37. The van der Waals surface area contributed by atoms with Gasteiger partial charge in [0.15, 0.2) is 5.75 Å². The van der Waals surface area contributed by atoms with Crippen LogP contribution in [0.4, 0.5) is 29.3 Å². The molecule has 1 unspecified atom stereocenters. The lowest BCUT2D eigenvalue weighted by atomic mass is 10.0. The average Bonchev–Trinajstić information content (AvgIpc) is 3.05. The maximum Gasteiger partial charge on any atom is 0.573 e. The van der Waals surface area contributed by atoms with Crippen molar-refractivity contribution in [2.24, 2.45) is 0 Å². The number of alkyl halides is 3. The second-order valence-electron chi connectivity index (χ2n) is 13.2. The molecule has 0 bridgehead atoms. The molecule has 1 N–H and O–H groups in total. The topological polar surface area (TPSA) is 112 Å². The summed E-state index contributed by atoms with van der Waals surface area (Å²) in [5, 5.41) is 2.89. The summed E-state index contributed by atoms with van der Waals surface area (Å²) < 4.78 is 51.0. The van der Waals surface area contributed by atoms with E-state index in [0.29, 0.717) is 50.2 Å². The van der Waals surface area contributed by atoms with Gasteiger partial charge in [-0.05, 0) is 70.6 Å². The zero-order valence-corrected chi connectivity index (χ0v) is 28.5. The number of anilines is 2. The average molecular weight is 688 g/mol. The van der Waals surface area contributed by atoms with E-state index in [1.165, 1.54) is 23.0 Å². The van der Waals surface area contributed by atoms with Crippen LogP contribution in [-0.2, 0) is 9.53 Å². The highest BCUT2D eigenvalue weighted by molar-refractivity contribution is 5.96. The lowest BCUT2D eigenvalue weighted by Gasteiger charge is -2.37. The Morgan fingerprint density at radius 1 is 0.959 bits per heavy atom. The van der Waals surface area contributed by atoms with Crippen LogP contribution in [0.25, 0.3) is 16.6 Å². The Labute approximate surface area is 283 Å². The van der Waals surface area contributed by atoms with E-state index in [1.807, 2.05) is 32.7 Å². The highest BCUT2D eigenvalue weighted by Gasteiger charge is 2.33. The molecule has 2 amide bonds. The number of carbonyl (C=O) groups excluding carboxylic acids is 2. The summed E-state index contributed by atoms with van der Waals surface area (Å²) in [5.74, 6) is -1.09. The molecular formula is C34H44F3N7O5. The van der Waals surface area contributed by atoms with Crippen LogP contribution in [0, 0.1) is 0 Å². The van der Waals surface area contributed by atoms with E-state index in [4.69, 9.17) is 4.74 Å². The van der Waals surface area contributed by atoms with Gasteiger partial charge in [0.2, 0.25) is 5.91 Å². The van der Waals surface area contributed by atoms with E-state index < -0.39 is 35.2 Å². The Balaban J connectivity index is 1.33. The highest BCUT2D eigenvalue weighted by Crippen LogP contribution is 2.33. The number of aromatic nitrogens is 2. The summed E-state index contributed by atoms with van der Waals surface area (Å²) in [5.41, 5.74) is 0.285. The molecule has 1 aromatic heterocycles. The number of carbonyl (C=O) groups is 2. The van der Waals surface area contributed by atoms with Gasteiger partial charge in [0, 0.05) is 58.0 Å². The number of fused-ring (bicyclic) bond motifs is 1. The molecule has 2 fully saturated rings. The molecule has 2 aromatic carbocycles. The molecule has 0 radical (unpaired) electrons. The number of hydrogen-bond donors (Lipinski definition) is 1. The Morgan fingerprint density at radius 2 is 1.63 bits per heavy atom. The van der Waals surface area contributed by atoms with Crippen LogP contribution in [0.1, 0.15) is 40.5 Å². The molecule has 15 heteroatoms. The minimum atomic E-state index is -5.00. The normalized spacial score (nSPS) is 17.2. The number of hydrogen-bond acceptors (Lipinski definition) is 9. The van der Waals surface area contributed by atoms with E-state index in [0.717, 1.165) is 37.7 Å². The van der Waals surface area contributed by atoms with E-state index in [2.05, 4.69) is 24.8 Å². The van der Waals surface area contributed by atoms with Gasteiger partial charge in [-0.15, -0.1) is 13.2 Å². The molecule has 1 atom stereocenters. The van der Waals surface area contributed by atoms with Gasteiger partial charge < -0.3 is 29.5 Å². The third-order valence-electron chi connectivity index (χ3n) is 9.05. The second-order valence-corrected chi connectivity index (χ2v) is 13.2. The number of ether oxygens (including phenoxy) is 2. The molecule has 0 aliphatic carbocycles. The van der Waals surface area contributed by atoms with Gasteiger partial charge in [0.05, 0.1) is 28.3 Å². The summed E-state index contributed by atoms with van der Waals surface area (Å²) in [7, 11) is 1.98. The standard InChI is InChI=1S/C34H44F3N7O5/c1-6-11-33(3,4)49-32(47)43-18-16-42(17-19-43)24-7-9-26-27(20-24)38-22-44(31(26)46)25-8-10-29(48-34(35,36)37)28(21-25)39-30(45)23(2)41-14-12-40(5)13-15-41/h7-10,20-23H,6,11-19H2,1-5H3,(H,39,45). The third-order valence-corrected chi connectivity index (χ3v) is 9.05. The van der Waals surface area contributed by atoms with Crippen LogP contribution >= 0.6 is 0 Å². The number of likely N-dealkylation sites (N-methyl/N-ethyl adjacent to an activating group) is 1. The molecule has 2 aliphatic rings. The maximum atomic E-state index is 13.6. The minimum absolute atomic E-state index is 0.200. The number of amides is 2. The number of rotatable bonds is 9. The fourth-order valence-electron chi connectivity index (χ4n) is 6.18. The molecule has 5 rings (SSSR count). The van der Waals surface area contributed by atoms with Gasteiger partial charge in [-0.25, -0.2) is 9.78 Å². The summed E-state index contributed by atoms with van der Waals surface area (Å²) in [6.07, 6.45) is -2.34. The van der Waals surface area contributed by atoms with Gasteiger partial charge in [0.25, 0.3) is 5.56 Å². The van der Waals surface area contributed by atoms with Crippen molar-refractivity contribution in [2.45, 2.75) is 58.5 Å². The number of halogens is 3. The number of nitrogens with one attached hydrogen (secondary N) is 1. The van der Waals surface area contributed by atoms with Crippen molar-refractivity contribution in [2.75, 3.05) is 69.6 Å². The molecule has 49 heavy (non-hydrogen) atoms. The molecule has 0 spiro atoms. The van der Waals surface area contributed by atoms with Gasteiger partial charge >= 0.3 is 12.5 Å². The Morgan fingerprint density at radius 3 is 2.29 bits per heavy atom. The second kappa shape index (κ2) is 14.6. The first kappa shape index (κ1) is 35.9. The van der Waals surface area contributed by atoms with Crippen LogP contribution in [0.3, 0.4) is 0 Å². The molecule has 2 saturated heterocycles. The Kier molecular flexibility index (Phi) is 10.7. The van der Waals surface area contributed by atoms with Crippen molar-refractivity contribution in [1.29, 1.82) is 0 Å². The number of piperazine rings is 2. The number of benzene rings is 2. The smallest absolute Gasteiger partial charge is 0.443 e. The van der Waals surface area contributed by atoms with Crippen LogP contribution in [0.2, 0.25) is 0 Å². The van der Waals surface area contributed by atoms with Gasteiger partial charge in [-0.1, -0.05) is 13.3 Å². The summed E-state index contributed by atoms with van der Waals surface area (Å²) in [4.78, 5) is 51.9. The molecular weight excluding hydrogens is 643 g/mol. The predicted octanol–water partition coefficient (Wildman–Crippen LogP) is 4.70. The van der Waals surface area contributed by atoms with Crippen LogP contribution in [-0.4, -0.2) is 114 Å². The molecule has 3 aromatic rings. The van der Waals surface area contributed by atoms with Crippen LogP contribution in [0.5, 0.6) is 5.75 Å². The van der Waals surface area contributed by atoms with Crippen molar-refractivity contribution in [3.8, 4) is 11.4 Å². The van der Waals surface area contributed by atoms with Crippen molar-refractivity contribution in [3.63, 3.8) is 0 Å². The minimum Gasteiger partial charge on any atom is -0.443 e. The van der Waals surface area contributed by atoms with Crippen LogP contribution in [0.15, 0.2) is 47.5 Å². The van der Waals surface area contributed by atoms with Crippen LogP contribution < -0.4 is 20.5 Å². The van der Waals surface area contributed by atoms with E-state index in [9.17, 15) is 27.6 Å². The first-order chi connectivity index (χ1) is 23.1. The van der Waals surface area contributed by atoms with Gasteiger partial charge in [0.1, 0.15) is 11.9 Å². The van der Waals surface area contributed by atoms with Crippen molar-refractivity contribution in [1.82, 2.24) is 24.3 Å². The predicted molar refractivity (Wildman–Crippen MR) is 180 cm³/mol. The van der Waals surface area contributed by atoms with Gasteiger partial charge in [-0.2, -0.15) is 0 Å². The zero-order chi connectivity index (χ0) is 35.5. The SMILES string of the molecule is CCCC(C)(C)OC(=O)N1CCN(c2ccc3c(=O)n(-c4ccc(OC(F)(F)F)c(NC(=O)C(C)N5CCN(C)CC5)c4)cnc3c2)CC1. The number of nitrogens with zero attached hydrogens (tertiary/aromatic N) is 6. The lowest BCUT2D eigenvalue weighted by Crippen LogP contribution is -2.51. The first-order valence-corrected chi connectivity index (χ1v) is 16.5. The summed E-state index contributed by atoms with van der Waals surface area (Å²) >= 11 is 0. The lowest BCUT2D eigenvalue weighted by molar-refractivity contribution is -0.274. The Bertz CT molecular complexity index is 1710. The fourth-order valence-corrected chi connectivity index (χ4v) is 6.18. The zero-order valence-electron chi connectivity index (χ0n) is 28.5. The first-order valence-electron chi connectivity index (χ1n) is 16.5. The van der Waals surface area contributed by atoms with E-state index in [1.54, 1.807) is 30.0 Å². The molecule has 266 valence electrons. The molecule has 2 aliphatic heterocycles. The molecule has 12 nitrogen and oxygen atoms in total. The van der Waals surface area contributed by atoms with Gasteiger partial charge in [-0.3, -0.25) is 19.1 Å². The largest absolute Gasteiger partial charge is 0.573 e. The quantitative estimate of drug-likeness (QED) is 0.342. The third kappa shape index (κ3) is 8.81. The molecule has 0 saturated carbocycles. The van der Waals surface area contributed by atoms with Crippen molar-refractivity contribution >= 4 is 34.3 Å². The molecule has 3 heterocycles. The van der Waals surface area contributed by atoms with Crippen molar-refractivity contribution in [3.05, 3.63) is 53.1 Å². The van der Waals surface area contributed by atoms with Crippen molar-refractivity contribution < 1.29 is 32.2 Å². The maximum absolute atomic E-state index is 13.6. The summed E-state index contributed by atoms with van der Waals surface area (Å²) in [6, 6.07) is 8.30. The summed E-state index contributed by atoms with van der Waals surface area (Å²) in [6.45, 7) is 12.5. The van der Waals surface area contributed by atoms with E-state index in [-0.39, 0.29) is 17.5 Å². The monoisotopic (exact) mass is 687 g/mol. The highest BCUT2D eigenvalue weighted by atomic mass is 19.4. The van der Waals surface area contributed by atoms with E-state index >= 15 is 0 Å².